The zero-order valence-electron chi connectivity index (χ0n) is 14.2. The number of hydrogen-bond acceptors (Lipinski definition) is 4. The van der Waals surface area contributed by atoms with E-state index in [9.17, 15) is 9.18 Å². The Labute approximate surface area is 146 Å². The normalized spacial score (nSPS) is 20.5. The summed E-state index contributed by atoms with van der Waals surface area (Å²) in [6, 6.07) is 9.67. The number of methoxy groups -OCH3 is 1. The summed E-state index contributed by atoms with van der Waals surface area (Å²) in [6.07, 6.45) is 3.71. The summed E-state index contributed by atoms with van der Waals surface area (Å²) in [5, 5.41) is 0. The average Bonchev–Trinajstić information content (AvgIpc) is 2.62. The molecule has 2 aromatic rings. The second-order valence-electron chi connectivity index (χ2n) is 6.25. The van der Waals surface area contributed by atoms with Gasteiger partial charge in [0, 0.05) is 19.9 Å². The van der Waals surface area contributed by atoms with Crippen molar-refractivity contribution < 1.29 is 13.9 Å². The zero-order chi connectivity index (χ0) is 17.8. The molecular weight excluding hydrogens is 321 g/mol. The maximum atomic E-state index is 13.5. The van der Waals surface area contributed by atoms with E-state index in [0.29, 0.717) is 18.5 Å². The van der Waals surface area contributed by atoms with Crippen LogP contribution in [0.25, 0.3) is 0 Å². The lowest BCUT2D eigenvalue weighted by Crippen LogP contribution is -2.52. The lowest BCUT2D eigenvalue weighted by atomic mass is 9.92. The highest BCUT2D eigenvalue weighted by molar-refractivity contribution is 5.98. The Hall–Kier alpha value is -2.47. The first kappa shape index (κ1) is 17.4. The summed E-state index contributed by atoms with van der Waals surface area (Å²) < 4.78 is 19.2. The third-order valence-corrected chi connectivity index (χ3v) is 4.68. The molecular formula is C19H22FN3O2. The molecule has 1 aromatic carbocycles. The van der Waals surface area contributed by atoms with E-state index in [1.54, 1.807) is 36.4 Å². The molecule has 0 radical (unpaired) electrons. The molecule has 3 rings (SSSR count). The number of carbonyl (C=O) groups is 1. The van der Waals surface area contributed by atoms with Crippen molar-refractivity contribution in [2.24, 2.45) is 0 Å². The van der Waals surface area contributed by atoms with Gasteiger partial charge in [-0.15, -0.1) is 0 Å². The van der Waals surface area contributed by atoms with Gasteiger partial charge in [-0.1, -0.05) is 12.1 Å². The van der Waals surface area contributed by atoms with Crippen LogP contribution in [0, 0.1) is 5.82 Å². The number of hydrogen-bond donors (Lipinski definition) is 1. The summed E-state index contributed by atoms with van der Waals surface area (Å²) in [6.45, 7) is 0.618. The fourth-order valence-corrected chi connectivity index (χ4v) is 3.45. The number of benzene rings is 1. The van der Waals surface area contributed by atoms with Crippen LogP contribution < -0.4 is 5.73 Å². The number of nitrogens with zero attached hydrogens (tertiary/aromatic N) is 2. The molecule has 5 nitrogen and oxygen atoms in total. The van der Waals surface area contributed by atoms with Gasteiger partial charge in [-0.05, 0) is 49.1 Å². The predicted molar refractivity (Wildman–Crippen MR) is 93.6 cm³/mol. The Bertz CT molecular complexity index is 753. The highest BCUT2D eigenvalue weighted by Gasteiger charge is 2.35. The third-order valence-electron chi connectivity index (χ3n) is 4.68. The predicted octanol–water partition coefficient (Wildman–Crippen LogP) is 2.67. The molecule has 0 saturated carbocycles. The molecule has 1 aromatic heterocycles. The van der Waals surface area contributed by atoms with Crippen molar-refractivity contribution in [3.8, 4) is 0 Å². The van der Waals surface area contributed by atoms with Crippen molar-refractivity contribution >= 4 is 11.7 Å². The lowest BCUT2D eigenvalue weighted by Gasteiger charge is -2.41. The number of rotatable bonds is 4. The van der Waals surface area contributed by atoms with Gasteiger partial charge in [-0.25, -0.2) is 9.37 Å². The highest BCUT2D eigenvalue weighted by atomic mass is 19.1. The second kappa shape index (κ2) is 7.61. The van der Waals surface area contributed by atoms with E-state index in [-0.39, 0.29) is 29.7 Å². The molecule has 2 atom stereocenters. The smallest absolute Gasteiger partial charge is 0.257 e. The van der Waals surface area contributed by atoms with Gasteiger partial charge in [0.25, 0.3) is 5.91 Å². The summed E-state index contributed by atoms with van der Waals surface area (Å²) in [5.74, 6) is -0.220. The number of halogens is 1. The summed E-state index contributed by atoms with van der Waals surface area (Å²) >= 11 is 0. The van der Waals surface area contributed by atoms with Crippen LogP contribution in [0.15, 0.2) is 42.6 Å². The van der Waals surface area contributed by atoms with Gasteiger partial charge in [0.2, 0.25) is 0 Å². The summed E-state index contributed by atoms with van der Waals surface area (Å²) in [5.41, 5.74) is 7.10. The number of piperidine rings is 1. The van der Waals surface area contributed by atoms with Gasteiger partial charge >= 0.3 is 0 Å². The first-order valence-corrected chi connectivity index (χ1v) is 8.39. The van der Waals surface area contributed by atoms with Crippen LogP contribution in [-0.4, -0.2) is 41.6 Å². The first-order chi connectivity index (χ1) is 12.1. The van der Waals surface area contributed by atoms with Crippen LogP contribution >= 0.6 is 0 Å². The Kier molecular flexibility index (Phi) is 5.28. The molecule has 0 unspecified atom stereocenters. The van der Waals surface area contributed by atoms with Crippen molar-refractivity contribution in [1.82, 2.24) is 9.88 Å². The van der Waals surface area contributed by atoms with Crippen LogP contribution in [0.2, 0.25) is 0 Å². The maximum Gasteiger partial charge on any atom is 0.257 e. The van der Waals surface area contributed by atoms with Crippen molar-refractivity contribution in [1.29, 1.82) is 0 Å². The molecule has 1 aliphatic heterocycles. The number of nitrogen functional groups attached to an aromatic ring is 1. The Morgan fingerprint density at radius 2 is 2.24 bits per heavy atom. The molecule has 1 amide bonds. The molecule has 1 fully saturated rings. The molecule has 25 heavy (non-hydrogen) atoms. The van der Waals surface area contributed by atoms with Gasteiger partial charge in [0.15, 0.2) is 0 Å². The molecule has 0 aliphatic carbocycles. The number of likely N-dealkylation sites (tertiary alicyclic amines) is 1. The van der Waals surface area contributed by atoms with E-state index in [4.69, 9.17) is 10.5 Å². The van der Waals surface area contributed by atoms with E-state index in [1.165, 1.54) is 12.1 Å². The summed E-state index contributed by atoms with van der Waals surface area (Å²) in [7, 11) is 1.65. The van der Waals surface area contributed by atoms with Gasteiger partial charge in [-0.2, -0.15) is 0 Å². The number of amides is 1. The molecule has 2 heterocycles. The second-order valence-corrected chi connectivity index (χ2v) is 6.25. The molecule has 2 N–H and O–H groups in total. The van der Waals surface area contributed by atoms with Crippen LogP contribution in [0.5, 0.6) is 0 Å². The van der Waals surface area contributed by atoms with Gasteiger partial charge in [0.05, 0.1) is 17.7 Å². The third kappa shape index (κ3) is 3.79. The SMILES string of the molecule is CO[C@H]1CCCN(C(=O)c2cccnc2N)[C@H]1Cc1cccc(F)c1. The quantitative estimate of drug-likeness (QED) is 0.927. The topological polar surface area (TPSA) is 68.5 Å². The van der Waals surface area contributed by atoms with E-state index in [0.717, 1.165) is 18.4 Å². The van der Waals surface area contributed by atoms with Crippen LogP contribution in [0.1, 0.15) is 28.8 Å². The molecule has 1 saturated heterocycles. The number of ether oxygens (including phenoxy) is 1. The Morgan fingerprint density at radius 1 is 1.40 bits per heavy atom. The number of aromatic nitrogens is 1. The number of carbonyl (C=O) groups excluding carboxylic acids is 1. The Balaban J connectivity index is 1.89. The maximum absolute atomic E-state index is 13.5. The molecule has 132 valence electrons. The fraction of sp³-hybridized carbons (Fsp3) is 0.368. The molecule has 0 bridgehead atoms. The minimum Gasteiger partial charge on any atom is -0.383 e. The average molecular weight is 343 g/mol. The fourth-order valence-electron chi connectivity index (χ4n) is 3.45. The standard InChI is InChI=1S/C19H22FN3O2/c1-25-17-8-4-10-23(19(24)15-7-3-9-22-18(15)21)16(17)12-13-5-2-6-14(20)11-13/h2-3,5-7,9,11,16-17H,4,8,10,12H2,1H3,(H2,21,22)/t16-,17-/m0/s1. The van der Waals surface area contributed by atoms with E-state index < -0.39 is 0 Å². The van der Waals surface area contributed by atoms with Gasteiger partial charge < -0.3 is 15.4 Å². The number of anilines is 1. The molecule has 6 heteroatoms. The van der Waals surface area contributed by atoms with Crippen molar-refractivity contribution in [3.63, 3.8) is 0 Å². The molecule has 0 spiro atoms. The van der Waals surface area contributed by atoms with E-state index in [1.807, 2.05) is 6.07 Å². The summed E-state index contributed by atoms with van der Waals surface area (Å²) in [4.78, 5) is 18.8. The van der Waals surface area contributed by atoms with Crippen molar-refractivity contribution in [3.05, 3.63) is 59.5 Å². The van der Waals surface area contributed by atoms with Gasteiger partial charge in [-0.3, -0.25) is 4.79 Å². The monoisotopic (exact) mass is 343 g/mol. The minimum absolute atomic E-state index is 0.0983. The van der Waals surface area contributed by atoms with Crippen molar-refractivity contribution in [2.45, 2.75) is 31.4 Å². The van der Waals surface area contributed by atoms with Crippen LogP contribution in [-0.2, 0) is 11.2 Å². The van der Waals surface area contributed by atoms with E-state index >= 15 is 0 Å². The highest BCUT2D eigenvalue weighted by Crippen LogP contribution is 2.26. The van der Waals surface area contributed by atoms with Crippen LogP contribution in [0.4, 0.5) is 10.2 Å². The van der Waals surface area contributed by atoms with Crippen molar-refractivity contribution in [2.75, 3.05) is 19.4 Å². The van der Waals surface area contributed by atoms with Gasteiger partial charge in [0.1, 0.15) is 11.6 Å². The lowest BCUT2D eigenvalue weighted by molar-refractivity contribution is -0.0117. The minimum atomic E-state index is -0.281. The number of nitrogens with two attached hydrogens (primary N) is 1. The number of pyridine rings is 1. The Morgan fingerprint density at radius 3 is 2.96 bits per heavy atom. The van der Waals surface area contributed by atoms with E-state index in [2.05, 4.69) is 4.98 Å². The zero-order valence-corrected chi connectivity index (χ0v) is 14.2. The van der Waals surface area contributed by atoms with Crippen LogP contribution in [0.3, 0.4) is 0 Å². The first-order valence-electron chi connectivity index (χ1n) is 8.39. The largest absolute Gasteiger partial charge is 0.383 e. The molecule has 1 aliphatic rings.